The number of alkyl halides is 2. The van der Waals surface area contributed by atoms with Gasteiger partial charge in [0.1, 0.15) is 5.69 Å². The fourth-order valence-corrected chi connectivity index (χ4v) is 5.21. The third-order valence-corrected chi connectivity index (χ3v) is 6.59. The summed E-state index contributed by atoms with van der Waals surface area (Å²) in [5.41, 5.74) is 1.29. The van der Waals surface area contributed by atoms with E-state index in [-0.39, 0.29) is 17.2 Å². The van der Waals surface area contributed by atoms with Gasteiger partial charge in [-0.15, -0.1) is 0 Å². The monoisotopic (exact) mass is 465 g/mol. The Kier molecular flexibility index (Phi) is 5.02. The third kappa shape index (κ3) is 3.24. The first kappa shape index (κ1) is 21.6. The molecular formula is C22H20F5N5O. The van der Waals surface area contributed by atoms with E-state index in [9.17, 15) is 26.7 Å². The summed E-state index contributed by atoms with van der Waals surface area (Å²) in [4.78, 5) is 15.0. The fourth-order valence-electron chi connectivity index (χ4n) is 5.21. The highest BCUT2D eigenvalue weighted by Gasteiger charge is 2.44. The Morgan fingerprint density at radius 1 is 1.09 bits per heavy atom. The van der Waals surface area contributed by atoms with Gasteiger partial charge in [0.25, 0.3) is 12.3 Å². The first-order chi connectivity index (χ1) is 15.7. The normalized spacial score (nSPS) is 19.8. The number of carbonyl (C=O) groups is 1. The van der Waals surface area contributed by atoms with Crippen molar-refractivity contribution < 1.29 is 26.7 Å². The molecule has 2 atom stereocenters. The number of piperidine rings is 1. The summed E-state index contributed by atoms with van der Waals surface area (Å²) >= 11 is 0. The van der Waals surface area contributed by atoms with Gasteiger partial charge in [0.2, 0.25) is 0 Å². The van der Waals surface area contributed by atoms with E-state index >= 15 is 0 Å². The van der Waals surface area contributed by atoms with Crippen LogP contribution < -0.4 is 0 Å². The smallest absolute Gasteiger partial charge is 0.280 e. The lowest BCUT2D eigenvalue weighted by Crippen LogP contribution is -2.50. The summed E-state index contributed by atoms with van der Waals surface area (Å²) in [5, 5.41) is 8.38. The zero-order chi connectivity index (χ0) is 23.6. The molecule has 2 aliphatic heterocycles. The number of benzene rings is 1. The largest absolute Gasteiger partial charge is 0.327 e. The van der Waals surface area contributed by atoms with E-state index in [1.807, 2.05) is 0 Å². The van der Waals surface area contributed by atoms with E-state index in [1.165, 1.54) is 11.7 Å². The molecule has 4 heterocycles. The Labute approximate surface area is 185 Å². The van der Waals surface area contributed by atoms with Crippen LogP contribution in [0.4, 0.5) is 22.0 Å². The van der Waals surface area contributed by atoms with Crippen molar-refractivity contribution in [2.75, 3.05) is 0 Å². The minimum Gasteiger partial charge on any atom is -0.327 e. The molecule has 1 aromatic carbocycles. The number of hydrogen-bond donors (Lipinski definition) is 0. The van der Waals surface area contributed by atoms with Crippen molar-refractivity contribution in [2.24, 2.45) is 14.1 Å². The molecule has 11 heteroatoms. The van der Waals surface area contributed by atoms with Crippen molar-refractivity contribution in [3.05, 3.63) is 58.3 Å². The lowest BCUT2D eigenvalue weighted by molar-refractivity contribution is 0.0382. The fraction of sp³-hybridized carbons (Fsp3) is 0.409. The minimum atomic E-state index is -2.86. The Morgan fingerprint density at radius 3 is 2.45 bits per heavy atom. The summed E-state index contributed by atoms with van der Waals surface area (Å²) in [6.45, 7) is 0. The highest BCUT2D eigenvalue weighted by molar-refractivity contribution is 5.96. The maximum atomic E-state index is 13.9. The van der Waals surface area contributed by atoms with Crippen molar-refractivity contribution in [3.63, 3.8) is 0 Å². The van der Waals surface area contributed by atoms with Gasteiger partial charge in [-0.25, -0.2) is 22.0 Å². The second kappa shape index (κ2) is 7.67. The predicted octanol–water partition coefficient (Wildman–Crippen LogP) is 4.47. The molecule has 0 saturated carbocycles. The molecule has 1 fully saturated rings. The molecule has 2 aromatic heterocycles. The van der Waals surface area contributed by atoms with E-state index in [0.29, 0.717) is 30.7 Å². The van der Waals surface area contributed by atoms with Gasteiger partial charge in [0, 0.05) is 31.3 Å². The minimum absolute atomic E-state index is 0.146. The van der Waals surface area contributed by atoms with Crippen molar-refractivity contribution in [3.8, 4) is 11.3 Å². The molecule has 174 valence electrons. The maximum Gasteiger partial charge on any atom is 0.280 e. The average molecular weight is 465 g/mol. The van der Waals surface area contributed by atoms with Crippen LogP contribution in [0.1, 0.15) is 59.0 Å². The number of nitrogens with zero attached hydrogens (tertiary/aromatic N) is 5. The van der Waals surface area contributed by atoms with Gasteiger partial charge in [0.15, 0.2) is 17.5 Å². The van der Waals surface area contributed by atoms with Crippen LogP contribution in [0.5, 0.6) is 0 Å². The standard InChI is InChI=1S/C22H20F5N5O/c1-30-20(21(26)27)13(9-28-30)22(33)32-11-4-3-5-16(32)18-12(8-11)19(31(2)29-18)10-6-14(23)17(25)15(24)7-10/h6-7,9,11,16,21H,3-5,8H2,1-2H3/t11-,16+/m0/s1. The summed E-state index contributed by atoms with van der Waals surface area (Å²) in [5.74, 6) is -4.69. The van der Waals surface area contributed by atoms with Gasteiger partial charge < -0.3 is 4.90 Å². The second-order valence-corrected chi connectivity index (χ2v) is 8.47. The molecule has 0 aliphatic carbocycles. The number of aryl methyl sites for hydroxylation is 2. The average Bonchev–Trinajstić information content (AvgIpc) is 3.30. The maximum absolute atomic E-state index is 13.9. The van der Waals surface area contributed by atoms with Crippen molar-refractivity contribution in [1.29, 1.82) is 0 Å². The first-order valence-electron chi connectivity index (χ1n) is 10.5. The van der Waals surface area contributed by atoms with Gasteiger partial charge in [-0.3, -0.25) is 14.2 Å². The van der Waals surface area contributed by atoms with Gasteiger partial charge in [-0.1, -0.05) is 0 Å². The number of halogens is 5. The quantitative estimate of drug-likeness (QED) is 0.424. The lowest BCUT2D eigenvalue weighted by atomic mass is 9.81. The number of amides is 1. The Balaban J connectivity index is 1.59. The molecule has 3 aromatic rings. The molecule has 33 heavy (non-hydrogen) atoms. The van der Waals surface area contributed by atoms with Gasteiger partial charge in [-0.2, -0.15) is 10.2 Å². The Hall–Kier alpha value is -3.24. The van der Waals surface area contributed by atoms with Crippen LogP contribution in [0.3, 0.4) is 0 Å². The lowest BCUT2D eigenvalue weighted by Gasteiger charge is -2.45. The van der Waals surface area contributed by atoms with E-state index in [1.54, 1.807) is 11.9 Å². The first-order valence-corrected chi connectivity index (χ1v) is 10.5. The van der Waals surface area contributed by atoms with Crippen LogP contribution in [0.15, 0.2) is 18.3 Å². The SMILES string of the molecule is Cn1nc2c(c1-c1cc(F)c(F)c(F)c1)C[C@@H]1CCC[C@H]2N1C(=O)c1cnn(C)c1C(F)F. The zero-order valence-electron chi connectivity index (χ0n) is 17.8. The van der Waals surface area contributed by atoms with E-state index < -0.39 is 41.5 Å². The number of fused-ring (bicyclic) bond motifs is 4. The molecule has 2 bridgehead atoms. The van der Waals surface area contributed by atoms with Crippen molar-refractivity contribution in [1.82, 2.24) is 24.5 Å². The van der Waals surface area contributed by atoms with E-state index in [2.05, 4.69) is 10.2 Å². The van der Waals surface area contributed by atoms with Crippen LogP contribution in [-0.4, -0.2) is 36.4 Å². The van der Waals surface area contributed by atoms with Crippen LogP contribution >= 0.6 is 0 Å². The zero-order valence-corrected chi connectivity index (χ0v) is 17.8. The van der Waals surface area contributed by atoms with Crippen LogP contribution in [0.25, 0.3) is 11.3 Å². The summed E-state index contributed by atoms with van der Waals surface area (Å²) < 4.78 is 71.0. The van der Waals surface area contributed by atoms with Crippen LogP contribution in [0.2, 0.25) is 0 Å². The van der Waals surface area contributed by atoms with Gasteiger partial charge in [-0.05, 0) is 37.8 Å². The van der Waals surface area contributed by atoms with Crippen molar-refractivity contribution >= 4 is 5.91 Å². The molecule has 1 amide bonds. The Bertz CT molecular complexity index is 1240. The Morgan fingerprint density at radius 2 is 1.79 bits per heavy atom. The van der Waals surface area contributed by atoms with E-state index in [4.69, 9.17) is 0 Å². The number of carbonyl (C=O) groups excluding carboxylic acids is 1. The van der Waals surface area contributed by atoms with Crippen LogP contribution in [0, 0.1) is 17.5 Å². The summed E-state index contributed by atoms with van der Waals surface area (Å²) in [6.07, 6.45) is 0.670. The molecule has 0 N–H and O–H groups in total. The van der Waals surface area contributed by atoms with Crippen molar-refractivity contribution in [2.45, 2.75) is 44.2 Å². The molecule has 1 saturated heterocycles. The van der Waals surface area contributed by atoms with E-state index in [0.717, 1.165) is 35.0 Å². The molecule has 5 rings (SSSR count). The highest BCUT2D eigenvalue weighted by Crippen LogP contribution is 2.45. The predicted molar refractivity (Wildman–Crippen MR) is 107 cm³/mol. The van der Waals surface area contributed by atoms with Crippen LogP contribution in [-0.2, 0) is 20.5 Å². The second-order valence-electron chi connectivity index (χ2n) is 8.47. The molecule has 0 radical (unpaired) electrons. The number of aromatic nitrogens is 4. The highest BCUT2D eigenvalue weighted by atomic mass is 19.3. The molecule has 2 aliphatic rings. The van der Waals surface area contributed by atoms with Gasteiger partial charge in [0.05, 0.1) is 29.2 Å². The third-order valence-electron chi connectivity index (χ3n) is 6.59. The molecule has 0 unspecified atom stereocenters. The summed E-state index contributed by atoms with van der Waals surface area (Å²) in [7, 11) is 2.97. The summed E-state index contributed by atoms with van der Waals surface area (Å²) in [6, 6.07) is 1.08. The molecular weight excluding hydrogens is 445 g/mol. The topological polar surface area (TPSA) is 56.0 Å². The molecule has 6 nitrogen and oxygen atoms in total. The number of rotatable bonds is 3. The van der Waals surface area contributed by atoms with Gasteiger partial charge >= 0.3 is 0 Å². The molecule has 0 spiro atoms. The number of hydrogen-bond acceptors (Lipinski definition) is 3.